The van der Waals surface area contributed by atoms with Gasteiger partial charge in [0.25, 0.3) is 0 Å². The molecule has 2 aromatic rings. The fourth-order valence-electron chi connectivity index (χ4n) is 2.06. The minimum absolute atomic E-state index is 0.0981. The number of alkyl carbamates (subject to hydrolysis) is 1. The van der Waals surface area contributed by atoms with Gasteiger partial charge in [-0.2, -0.15) is 0 Å². The molecule has 22 heavy (non-hydrogen) atoms. The van der Waals surface area contributed by atoms with Crippen LogP contribution in [0.2, 0.25) is 0 Å². The van der Waals surface area contributed by atoms with Gasteiger partial charge < -0.3 is 0 Å². The minimum atomic E-state index is -0.536. The molecule has 0 aliphatic heterocycles. The molecule has 0 bridgehead atoms. The van der Waals surface area contributed by atoms with Crippen molar-refractivity contribution in [3.05, 3.63) is 32.3 Å². The number of hydrogen-bond donors (Lipinski definition) is 2. The molecule has 0 spiro atoms. The number of carbonyl (C=O) groups excluding carboxylic acids is 1. The van der Waals surface area contributed by atoms with Gasteiger partial charge in [0.15, 0.2) is 0 Å². The van der Waals surface area contributed by atoms with Gasteiger partial charge in [-0.25, -0.2) is 0 Å². The van der Waals surface area contributed by atoms with E-state index in [1.807, 2.05) is 26.8 Å². The van der Waals surface area contributed by atoms with Crippen molar-refractivity contribution in [2.24, 2.45) is 0 Å². The fourth-order valence-corrected chi connectivity index (χ4v) is 6.20. The maximum absolute atomic E-state index is 11.8. The van der Waals surface area contributed by atoms with Crippen LogP contribution in [0, 0.1) is 3.57 Å². The summed E-state index contributed by atoms with van der Waals surface area (Å²) in [5.74, 6) is 0. The molecular weight excluding hydrogens is 460 g/mol. The van der Waals surface area contributed by atoms with Gasteiger partial charge in [-0.1, -0.05) is 0 Å². The van der Waals surface area contributed by atoms with Crippen LogP contribution in [0.5, 0.6) is 0 Å². The molecule has 120 valence electrons. The van der Waals surface area contributed by atoms with E-state index in [9.17, 15) is 9.90 Å². The monoisotopic (exact) mass is 481 g/mol. The summed E-state index contributed by atoms with van der Waals surface area (Å²) in [7, 11) is 0. The summed E-state index contributed by atoms with van der Waals surface area (Å²) in [4.78, 5) is 11.8. The third kappa shape index (κ3) is 4.72. The topological polar surface area (TPSA) is 58.6 Å². The SMILES string of the molecule is CC(C)(C)OC(=O)N[C@H](CO)Cc1[se]c2ccccc2c1I. The van der Waals surface area contributed by atoms with Crippen LogP contribution in [0.3, 0.4) is 0 Å². The third-order valence-corrected chi connectivity index (χ3v) is 7.53. The van der Waals surface area contributed by atoms with Gasteiger partial charge in [-0.3, -0.25) is 0 Å². The molecule has 0 fully saturated rings. The zero-order chi connectivity index (χ0) is 16.3. The first-order valence-electron chi connectivity index (χ1n) is 7.06. The van der Waals surface area contributed by atoms with Crippen LogP contribution in [-0.4, -0.2) is 44.0 Å². The molecule has 0 aliphatic rings. The van der Waals surface area contributed by atoms with Crippen molar-refractivity contribution >= 4 is 52.8 Å². The van der Waals surface area contributed by atoms with Crippen molar-refractivity contribution in [2.75, 3.05) is 6.61 Å². The number of fused-ring (bicyclic) bond motifs is 1. The van der Waals surface area contributed by atoms with E-state index in [1.165, 1.54) is 17.7 Å². The molecule has 0 aliphatic carbocycles. The van der Waals surface area contributed by atoms with E-state index in [2.05, 4.69) is 46.1 Å². The average molecular weight is 480 g/mol. The normalized spacial score (nSPS) is 13.1. The number of ether oxygens (including phenoxy) is 1. The molecule has 0 saturated carbocycles. The van der Waals surface area contributed by atoms with E-state index < -0.39 is 11.7 Å². The molecule has 1 heterocycles. The number of hydrogen-bond acceptors (Lipinski definition) is 3. The van der Waals surface area contributed by atoms with Crippen LogP contribution in [0.1, 0.15) is 25.2 Å². The van der Waals surface area contributed by atoms with Gasteiger partial charge in [0.1, 0.15) is 0 Å². The van der Waals surface area contributed by atoms with E-state index in [0.717, 1.165) is 0 Å². The van der Waals surface area contributed by atoms with Gasteiger partial charge in [-0.15, -0.1) is 0 Å². The van der Waals surface area contributed by atoms with Crippen LogP contribution < -0.4 is 5.32 Å². The van der Waals surface area contributed by atoms with Gasteiger partial charge in [0.2, 0.25) is 0 Å². The Morgan fingerprint density at radius 3 is 2.68 bits per heavy atom. The van der Waals surface area contributed by atoms with Gasteiger partial charge >= 0.3 is 151 Å². The summed E-state index contributed by atoms with van der Waals surface area (Å²) in [5.41, 5.74) is -0.536. The van der Waals surface area contributed by atoms with Crippen LogP contribution in [0.25, 0.3) is 9.65 Å². The first-order chi connectivity index (χ1) is 10.3. The summed E-state index contributed by atoms with van der Waals surface area (Å²) in [6, 6.07) is 8.05. The molecule has 0 saturated heterocycles. The summed E-state index contributed by atoms with van der Waals surface area (Å²) in [6.07, 6.45) is 0.174. The van der Waals surface area contributed by atoms with Gasteiger partial charge in [0.05, 0.1) is 0 Å². The molecule has 2 N–H and O–H groups in total. The molecule has 1 aromatic heterocycles. The molecule has 0 radical (unpaired) electrons. The Labute approximate surface area is 150 Å². The van der Waals surface area contributed by atoms with Crippen LogP contribution in [0.4, 0.5) is 4.79 Å². The number of aliphatic hydroxyl groups excluding tert-OH is 1. The Morgan fingerprint density at radius 2 is 2.09 bits per heavy atom. The Morgan fingerprint density at radius 1 is 1.41 bits per heavy atom. The zero-order valence-corrected chi connectivity index (χ0v) is 16.7. The predicted octanol–water partition coefficient (Wildman–Crippen LogP) is 2.93. The predicted molar refractivity (Wildman–Crippen MR) is 97.6 cm³/mol. The number of carbonyl (C=O) groups is 1. The van der Waals surface area contributed by atoms with Crippen LogP contribution in [-0.2, 0) is 11.2 Å². The maximum atomic E-state index is 11.8. The second-order valence-electron chi connectivity index (χ2n) is 6.07. The Balaban J connectivity index is 2.09. The molecule has 6 heteroatoms. The van der Waals surface area contributed by atoms with Gasteiger partial charge in [0, 0.05) is 0 Å². The molecule has 0 unspecified atom stereocenters. The van der Waals surface area contributed by atoms with Crippen molar-refractivity contribution in [3.8, 4) is 0 Å². The number of amides is 1. The second-order valence-corrected chi connectivity index (χ2v) is 9.53. The van der Waals surface area contributed by atoms with Crippen LogP contribution in [0.15, 0.2) is 24.3 Å². The quantitative estimate of drug-likeness (QED) is 0.523. The average Bonchev–Trinajstić information content (AvgIpc) is 2.73. The third-order valence-electron chi connectivity index (χ3n) is 2.97. The van der Waals surface area contributed by atoms with E-state index in [0.29, 0.717) is 6.42 Å². The van der Waals surface area contributed by atoms with Crippen molar-refractivity contribution in [3.63, 3.8) is 0 Å². The molecule has 4 nitrogen and oxygen atoms in total. The standard InChI is InChI=1S/C16H20INO3Se/c1-16(2,3)21-15(20)18-10(9-19)8-13-14(17)11-6-4-5-7-12(11)22-13/h4-7,10,19H,8-9H2,1-3H3,(H,18,20)/t10-/m0/s1. The van der Waals surface area contributed by atoms with Crippen molar-refractivity contribution < 1.29 is 14.6 Å². The molecule has 1 atom stereocenters. The fraction of sp³-hybridized carbons (Fsp3) is 0.438. The molecule has 1 amide bonds. The second kappa shape index (κ2) is 7.34. The Hall–Kier alpha value is -0.561. The Bertz CT molecular complexity index is 663. The summed E-state index contributed by atoms with van der Waals surface area (Å²) < 4.78 is 9.17. The van der Waals surface area contributed by atoms with Crippen molar-refractivity contribution in [2.45, 2.75) is 38.8 Å². The van der Waals surface area contributed by atoms with E-state index in [-0.39, 0.29) is 27.2 Å². The first kappa shape index (κ1) is 17.8. The van der Waals surface area contributed by atoms with E-state index >= 15 is 0 Å². The number of aliphatic hydroxyl groups is 1. The summed E-state index contributed by atoms with van der Waals surface area (Å²) >= 11 is 2.62. The van der Waals surface area contributed by atoms with Crippen molar-refractivity contribution in [1.82, 2.24) is 5.32 Å². The molecular formula is C16H20INO3Se. The van der Waals surface area contributed by atoms with Crippen LogP contribution >= 0.6 is 22.6 Å². The number of rotatable bonds is 4. The van der Waals surface area contributed by atoms with Crippen molar-refractivity contribution in [1.29, 1.82) is 0 Å². The first-order valence-corrected chi connectivity index (χ1v) is 9.85. The summed E-state index contributed by atoms with van der Waals surface area (Å²) in [6.45, 7) is 5.37. The molecule has 2 rings (SSSR count). The van der Waals surface area contributed by atoms with Gasteiger partial charge in [-0.05, 0) is 0 Å². The molecule has 1 aromatic carbocycles. The number of halogens is 1. The zero-order valence-electron chi connectivity index (χ0n) is 12.9. The van der Waals surface area contributed by atoms with E-state index in [4.69, 9.17) is 4.74 Å². The Kier molecular flexibility index (Phi) is 5.93. The number of benzene rings is 1. The number of nitrogens with one attached hydrogen (secondary N) is 1. The summed E-state index contributed by atoms with van der Waals surface area (Å²) in [5, 5.41) is 13.6. The van der Waals surface area contributed by atoms with E-state index in [1.54, 1.807) is 0 Å².